The molecule has 0 spiro atoms. The van der Waals surface area contributed by atoms with E-state index >= 15 is 0 Å². The van der Waals surface area contributed by atoms with Gasteiger partial charge in [0, 0.05) is 23.2 Å². The van der Waals surface area contributed by atoms with Crippen molar-refractivity contribution in [2.45, 2.75) is 26.3 Å². The number of ether oxygens (including phenoxy) is 1. The molecule has 2 rings (SSSR count). The molecule has 2 nitrogen and oxygen atoms in total. The lowest BCUT2D eigenvalue weighted by atomic mass is 9.96. The topological polar surface area (TPSA) is 12.5 Å². The Bertz CT molecular complexity index is 417. The van der Waals surface area contributed by atoms with Gasteiger partial charge in [0.05, 0.1) is 13.2 Å². The molecule has 4 heteroatoms. The van der Waals surface area contributed by atoms with Crippen molar-refractivity contribution in [3.8, 4) is 0 Å². The molecular weight excluding hydrogens is 344 g/mol. The van der Waals surface area contributed by atoms with Crippen LogP contribution < -0.4 is 0 Å². The lowest BCUT2D eigenvalue weighted by Gasteiger charge is -2.28. The van der Waals surface area contributed by atoms with E-state index in [4.69, 9.17) is 4.74 Å². The first kappa shape index (κ1) is 14.2. The number of rotatable bonds is 3. The lowest BCUT2D eigenvalue weighted by molar-refractivity contribution is 0.0340. The first-order chi connectivity index (χ1) is 8.58. The molecule has 1 aliphatic rings. The molecule has 0 atom stereocenters. The third-order valence-corrected chi connectivity index (χ3v) is 3.88. The van der Waals surface area contributed by atoms with E-state index in [1.165, 1.54) is 0 Å². The predicted molar refractivity (Wildman–Crippen MR) is 79.3 cm³/mol. The number of hydrogen-bond donors (Lipinski definition) is 0. The number of morpholine rings is 1. The van der Waals surface area contributed by atoms with Gasteiger partial charge in [0.1, 0.15) is 5.82 Å². The van der Waals surface area contributed by atoms with Crippen LogP contribution in [-0.2, 0) is 11.3 Å². The molecule has 0 amide bonds. The van der Waals surface area contributed by atoms with Crippen LogP contribution in [0, 0.1) is 9.39 Å². The minimum Gasteiger partial charge on any atom is -0.379 e. The summed E-state index contributed by atoms with van der Waals surface area (Å²) in [6.07, 6.45) is 0. The maximum absolute atomic E-state index is 14.1. The summed E-state index contributed by atoms with van der Waals surface area (Å²) >= 11 is 2.18. The third kappa shape index (κ3) is 3.42. The maximum atomic E-state index is 14.1. The second-order valence-corrected chi connectivity index (χ2v) is 6.25. The predicted octanol–water partition coefficient (Wildman–Crippen LogP) is 3.39. The Hall–Kier alpha value is -0.200. The molecule has 0 unspecified atom stereocenters. The van der Waals surface area contributed by atoms with Crippen molar-refractivity contribution < 1.29 is 9.13 Å². The van der Waals surface area contributed by atoms with E-state index in [-0.39, 0.29) is 11.7 Å². The third-order valence-electron chi connectivity index (χ3n) is 3.25. The number of halogens is 2. The molecule has 1 aliphatic heterocycles. The molecule has 0 aliphatic carbocycles. The van der Waals surface area contributed by atoms with Crippen molar-refractivity contribution in [1.82, 2.24) is 4.90 Å². The smallest absolute Gasteiger partial charge is 0.128 e. The number of nitrogens with zero attached hydrogens (tertiary/aromatic N) is 1. The summed E-state index contributed by atoms with van der Waals surface area (Å²) < 4.78 is 20.4. The molecule has 0 N–H and O–H groups in total. The quantitative estimate of drug-likeness (QED) is 0.764. The van der Waals surface area contributed by atoms with Crippen LogP contribution in [-0.4, -0.2) is 31.2 Å². The zero-order chi connectivity index (χ0) is 13.1. The average Bonchev–Trinajstić information content (AvgIpc) is 2.28. The molecule has 0 bridgehead atoms. The fourth-order valence-corrected chi connectivity index (χ4v) is 3.06. The van der Waals surface area contributed by atoms with Crippen molar-refractivity contribution in [2.24, 2.45) is 0 Å². The molecule has 0 radical (unpaired) electrons. The molecule has 18 heavy (non-hydrogen) atoms. The van der Waals surface area contributed by atoms with Gasteiger partial charge in [-0.05, 0) is 51.8 Å². The van der Waals surface area contributed by atoms with E-state index < -0.39 is 0 Å². The Kier molecular flexibility index (Phi) is 4.98. The minimum atomic E-state index is -0.0693. The molecule has 1 saturated heterocycles. The van der Waals surface area contributed by atoms with Crippen LogP contribution >= 0.6 is 22.6 Å². The van der Waals surface area contributed by atoms with Crippen LogP contribution in [0.4, 0.5) is 4.39 Å². The molecule has 1 aromatic rings. The van der Waals surface area contributed by atoms with E-state index in [0.717, 1.165) is 47.5 Å². The summed E-state index contributed by atoms with van der Waals surface area (Å²) in [6, 6.07) is 3.73. The Morgan fingerprint density at radius 2 is 2.00 bits per heavy atom. The van der Waals surface area contributed by atoms with Gasteiger partial charge in [-0.1, -0.05) is 13.8 Å². The first-order valence-corrected chi connectivity index (χ1v) is 7.43. The highest BCUT2D eigenvalue weighted by Crippen LogP contribution is 2.26. The standard InChI is InChI=1S/C14H19FINO/c1-10(2)14-11(7-12(16)8-13(14)15)9-17-3-5-18-6-4-17/h7-8,10H,3-6,9H2,1-2H3. The summed E-state index contributed by atoms with van der Waals surface area (Å²) in [6.45, 7) is 8.36. The molecule has 0 aromatic heterocycles. The van der Waals surface area contributed by atoms with E-state index in [1.54, 1.807) is 6.07 Å². The van der Waals surface area contributed by atoms with Crippen LogP contribution in [0.1, 0.15) is 30.9 Å². The van der Waals surface area contributed by atoms with Crippen LogP contribution in [0.15, 0.2) is 12.1 Å². The highest BCUT2D eigenvalue weighted by molar-refractivity contribution is 14.1. The Morgan fingerprint density at radius 3 is 2.61 bits per heavy atom. The van der Waals surface area contributed by atoms with Crippen LogP contribution in [0.3, 0.4) is 0 Å². The summed E-state index contributed by atoms with van der Waals surface area (Å²) in [7, 11) is 0. The fourth-order valence-electron chi connectivity index (χ4n) is 2.42. The maximum Gasteiger partial charge on any atom is 0.128 e. The second kappa shape index (κ2) is 6.30. The Morgan fingerprint density at radius 1 is 1.33 bits per heavy atom. The molecule has 1 fully saturated rings. The normalized spacial score (nSPS) is 17.4. The highest BCUT2D eigenvalue weighted by atomic mass is 127. The second-order valence-electron chi connectivity index (χ2n) is 5.00. The molecular formula is C14H19FINO. The van der Waals surface area contributed by atoms with Crippen molar-refractivity contribution in [1.29, 1.82) is 0 Å². The highest BCUT2D eigenvalue weighted by Gasteiger charge is 2.17. The van der Waals surface area contributed by atoms with E-state index in [2.05, 4.69) is 33.6 Å². The van der Waals surface area contributed by atoms with Gasteiger partial charge < -0.3 is 4.74 Å². The summed E-state index contributed by atoms with van der Waals surface area (Å²) in [5.74, 6) is 0.151. The van der Waals surface area contributed by atoms with Crippen molar-refractivity contribution in [2.75, 3.05) is 26.3 Å². The van der Waals surface area contributed by atoms with E-state index in [9.17, 15) is 4.39 Å². The Labute approximate surface area is 122 Å². The summed E-state index contributed by atoms with van der Waals surface area (Å²) in [5.41, 5.74) is 1.98. The average molecular weight is 363 g/mol. The van der Waals surface area contributed by atoms with Gasteiger partial charge in [0.2, 0.25) is 0 Å². The van der Waals surface area contributed by atoms with Crippen LogP contribution in [0.5, 0.6) is 0 Å². The molecule has 1 aromatic carbocycles. The molecule has 1 heterocycles. The monoisotopic (exact) mass is 363 g/mol. The van der Waals surface area contributed by atoms with Crippen molar-refractivity contribution in [3.05, 3.63) is 32.6 Å². The van der Waals surface area contributed by atoms with E-state index in [0.29, 0.717) is 0 Å². The molecule has 0 saturated carbocycles. The van der Waals surface area contributed by atoms with Crippen LogP contribution in [0.2, 0.25) is 0 Å². The van der Waals surface area contributed by atoms with Gasteiger partial charge in [-0.25, -0.2) is 4.39 Å². The summed E-state index contributed by atoms with van der Waals surface area (Å²) in [5, 5.41) is 0. The van der Waals surface area contributed by atoms with Crippen molar-refractivity contribution in [3.63, 3.8) is 0 Å². The zero-order valence-corrected chi connectivity index (χ0v) is 13.0. The lowest BCUT2D eigenvalue weighted by Crippen LogP contribution is -2.36. The number of benzene rings is 1. The molecule has 100 valence electrons. The van der Waals surface area contributed by atoms with Gasteiger partial charge in [-0.15, -0.1) is 0 Å². The van der Waals surface area contributed by atoms with Crippen molar-refractivity contribution >= 4 is 22.6 Å². The van der Waals surface area contributed by atoms with Gasteiger partial charge in [-0.2, -0.15) is 0 Å². The van der Waals surface area contributed by atoms with Gasteiger partial charge in [0.15, 0.2) is 0 Å². The van der Waals surface area contributed by atoms with Gasteiger partial charge in [-0.3, -0.25) is 4.90 Å². The SMILES string of the molecule is CC(C)c1c(F)cc(I)cc1CN1CCOCC1. The number of hydrogen-bond acceptors (Lipinski definition) is 2. The zero-order valence-electron chi connectivity index (χ0n) is 10.9. The van der Waals surface area contributed by atoms with Gasteiger partial charge in [0.25, 0.3) is 0 Å². The van der Waals surface area contributed by atoms with Gasteiger partial charge >= 0.3 is 0 Å². The first-order valence-electron chi connectivity index (χ1n) is 6.36. The van der Waals surface area contributed by atoms with E-state index in [1.807, 2.05) is 13.8 Å². The largest absolute Gasteiger partial charge is 0.379 e. The minimum absolute atomic E-state index is 0.0693. The fraction of sp³-hybridized carbons (Fsp3) is 0.571. The Balaban J connectivity index is 2.24. The summed E-state index contributed by atoms with van der Waals surface area (Å²) in [4.78, 5) is 2.33. The van der Waals surface area contributed by atoms with Crippen LogP contribution in [0.25, 0.3) is 0 Å².